The molecular weight excluding hydrogens is 282 g/mol. The van der Waals surface area contributed by atoms with Crippen molar-refractivity contribution in [2.75, 3.05) is 40.9 Å². The van der Waals surface area contributed by atoms with Gasteiger partial charge in [0.15, 0.2) is 0 Å². The predicted octanol–water partition coefficient (Wildman–Crippen LogP) is 1.77. The number of aliphatic imine (C=N–C) groups is 1. The summed E-state index contributed by atoms with van der Waals surface area (Å²) >= 11 is 0. The van der Waals surface area contributed by atoms with Gasteiger partial charge in [-0.05, 0) is 52.2 Å². The highest BCUT2D eigenvalue weighted by molar-refractivity contribution is 6.04. The Balaban J connectivity index is 2.64. The molecule has 0 radical (unpaired) electrons. The Hall–Kier alpha value is -2.08. The first kappa shape index (κ1) is 18.0. The number of carbonyl (C=O) groups is 1. The van der Waals surface area contributed by atoms with E-state index in [1.165, 1.54) is 0 Å². The number of hydrogen-bond donors (Lipinski definition) is 1. The minimum absolute atomic E-state index is 0.258. The summed E-state index contributed by atoms with van der Waals surface area (Å²) in [5, 5.41) is 2.69. The van der Waals surface area contributed by atoms with Gasteiger partial charge in [-0.1, -0.05) is 6.07 Å². The fraction of sp³-hybridized carbons (Fsp3) is 0.500. The van der Waals surface area contributed by atoms with Crippen LogP contribution < -0.4 is 10.1 Å². The second kappa shape index (κ2) is 9.78. The fourth-order valence-electron chi connectivity index (χ4n) is 1.76. The fourth-order valence-corrected chi connectivity index (χ4v) is 1.76. The van der Waals surface area contributed by atoms with Gasteiger partial charge in [0.1, 0.15) is 5.75 Å². The van der Waals surface area contributed by atoms with Gasteiger partial charge < -0.3 is 14.4 Å². The maximum Gasteiger partial charge on any atom is 0.291 e. The Morgan fingerprint density at radius 3 is 2.77 bits per heavy atom. The molecule has 0 saturated heterocycles. The number of amides is 1. The lowest BCUT2D eigenvalue weighted by molar-refractivity contribution is 0.0966. The van der Waals surface area contributed by atoms with Crippen molar-refractivity contribution in [1.82, 2.24) is 10.2 Å². The van der Waals surface area contributed by atoms with Crippen molar-refractivity contribution in [3.8, 4) is 5.75 Å². The van der Waals surface area contributed by atoms with Gasteiger partial charge >= 0.3 is 0 Å². The Kier molecular flexibility index (Phi) is 7.99. The molecule has 0 aliphatic rings. The van der Waals surface area contributed by atoms with Crippen LogP contribution in [0.25, 0.3) is 0 Å². The van der Waals surface area contributed by atoms with E-state index in [0.29, 0.717) is 24.5 Å². The van der Waals surface area contributed by atoms with Crippen molar-refractivity contribution in [3.63, 3.8) is 0 Å². The van der Waals surface area contributed by atoms with Crippen molar-refractivity contribution in [1.29, 1.82) is 0 Å². The number of hydrogen-bond acceptors (Lipinski definition) is 5. The monoisotopic (exact) mass is 307 g/mol. The molecule has 6 heteroatoms. The standard InChI is InChI=1S/C16H25N3O3/c1-5-22-16(17-10-7-11-19(2)3)18-15(20)13-8-6-9-14(12-13)21-4/h6,8-9,12H,5,7,10-11H2,1-4H3,(H,17,18,20). The first-order chi connectivity index (χ1) is 10.6. The summed E-state index contributed by atoms with van der Waals surface area (Å²) in [7, 11) is 5.59. The van der Waals surface area contributed by atoms with Crippen LogP contribution >= 0.6 is 0 Å². The molecule has 0 heterocycles. The Labute approximate surface area is 132 Å². The maximum atomic E-state index is 12.2. The molecule has 1 aromatic carbocycles. The molecule has 0 aliphatic carbocycles. The van der Waals surface area contributed by atoms with E-state index in [1.54, 1.807) is 31.4 Å². The van der Waals surface area contributed by atoms with Crippen molar-refractivity contribution in [3.05, 3.63) is 29.8 Å². The molecule has 0 fully saturated rings. The zero-order valence-electron chi connectivity index (χ0n) is 13.8. The molecule has 0 aliphatic heterocycles. The van der Waals surface area contributed by atoms with Crippen LogP contribution in [0.2, 0.25) is 0 Å². The average molecular weight is 307 g/mol. The van der Waals surface area contributed by atoms with Crippen LogP contribution in [0.5, 0.6) is 5.75 Å². The van der Waals surface area contributed by atoms with E-state index in [-0.39, 0.29) is 11.9 Å². The lowest BCUT2D eigenvalue weighted by Crippen LogP contribution is -2.33. The average Bonchev–Trinajstić information content (AvgIpc) is 2.51. The number of nitrogens with zero attached hydrogens (tertiary/aromatic N) is 2. The first-order valence-electron chi connectivity index (χ1n) is 7.34. The van der Waals surface area contributed by atoms with Crippen molar-refractivity contribution in [2.45, 2.75) is 13.3 Å². The van der Waals surface area contributed by atoms with E-state index < -0.39 is 0 Å². The molecule has 0 spiro atoms. The number of amidine groups is 1. The molecule has 1 rings (SSSR count). The molecule has 0 saturated carbocycles. The maximum absolute atomic E-state index is 12.2. The van der Waals surface area contributed by atoms with Gasteiger partial charge in [-0.3, -0.25) is 10.1 Å². The molecule has 0 unspecified atom stereocenters. The lowest BCUT2D eigenvalue weighted by Gasteiger charge is -2.11. The molecule has 0 aromatic heterocycles. The van der Waals surface area contributed by atoms with E-state index in [1.807, 2.05) is 21.0 Å². The van der Waals surface area contributed by atoms with E-state index in [9.17, 15) is 4.79 Å². The Bertz CT molecular complexity index is 501. The summed E-state index contributed by atoms with van der Waals surface area (Å²) in [5.74, 6) is 0.368. The van der Waals surface area contributed by atoms with E-state index >= 15 is 0 Å². The third-order valence-corrected chi connectivity index (χ3v) is 2.85. The van der Waals surface area contributed by atoms with Gasteiger partial charge in [-0.2, -0.15) is 0 Å². The van der Waals surface area contributed by atoms with E-state index in [0.717, 1.165) is 13.0 Å². The number of benzene rings is 1. The van der Waals surface area contributed by atoms with E-state index in [2.05, 4.69) is 15.2 Å². The summed E-state index contributed by atoms with van der Waals surface area (Å²) in [6.45, 7) is 3.84. The summed E-state index contributed by atoms with van der Waals surface area (Å²) in [4.78, 5) is 18.6. The van der Waals surface area contributed by atoms with Crippen LogP contribution in [-0.2, 0) is 4.74 Å². The number of methoxy groups -OCH3 is 1. The zero-order chi connectivity index (χ0) is 16.4. The zero-order valence-corrected chi connectivity index (χ0v) is 13.8. The number of ether oxygens (including phenoxy) is 2. The third-order valence-electron chi connectivity index (χ3n) is 2.85. The van der Waals surface area contributed by atoms with Gasteiger partial charge in [-0.25, -0.2) is 4.99 Å². The topological polar surface area (TPSA) is 63.2 Å². The molecule has 22 heavy (non-hydrogen) atoms. The van der Waals surface area contributed by atoms with Crippen LogP contribution in [0.4, 0.5) is 0 Å². The van der Waals surface area contributed by atoms with Crippen molar-refractivity contribution in [2.24, 2.45) is 4.99 Å². The van der Waals surface area contributed by atoms with Gasteiger partial charge in [0.2, 0.25) is 0 Å². The van der Waals surface area contributed by atoms with Gasteiger partial charge in [0.05, 0.1) is 13.7 Å². The normalized spacial score (nSPS) is 11.4. The summed E-state index contributed by atoms with van der Waals surface area (Å²) in [5.41, 5.74) is 0.500. The van der Waals surface area contributed by atoms with Crippen LogP contribution in [0, 0.1) is 0 Å². The van der Waals surface area contributed by atoms with Crippen molar-refractivity contribution < 1.29 is 14.3 Å². The lowest BCUT2D eigenvalue weighted by atomic mass is 10.2. The highest BCUT2D eigenvalue weighted by Gasteiger charge is 2.10. The van der Waals surface area contributed by atoms with Gasteiger partial charge in [0.25, 0.3) is 11.9 Å². The minimum atomic E-state index is -0.265. The number of carbonyl (C=O) groups excluding carboxylic acids is 1. The smallest absolute Gasteiger partial charge is 0.291 e. The summed E-state index contributed by atoms with van der Waals surface area (Å²) < 4.78 is 10.5. The second-order valence-corrected chi connectivity index (χ2v) is 4.96. The molecular formula is C16H25N3O3. The highest BCUT2D eigenvalue weighted by atomic mass is 16.5. The summed E-state index contributed by atoms with van der Waals surface area (Å²) in [6.07, 6.45) is 0.901. The van der Waals surface area contributed by atoms with Gasteiger partial charge in [0, 0.05) is 12.1 Å². The van der Waals surface area contributed by atoms with E-state index in [4.69, 9.17) is 9.47 Å². The Morgan fingerprint density at radius 1 is 1.36 bits per heavy atom. The SMILES string of the molecule is CCOC(=NCCCN(C)C)NC(=O)c1cccc(OC)c1. The molecule has 1 amide bonds. The highest BCUT2D eigenvalue weighted by Crippen LogP contribution is 2.12. The number of nitrogens with one attached hydrogen (secondary N) is 1. The molecule has 0 atom stereocenters. The van der Waals surface area contributed by atoms with Gasteiger partial charge in [-0.15, -0.1) is 0 Å². The molecule has 1 aromatic rings. The molecule has 122 valence electrons. The van der Waals surface area contributed by atoms with Crippen LogP contribution in [0.1, 0.15) is 23.7 Å². The van der Waals surface area contributed by atoms with Crippen LogP contribution in [-0.4, -0.2) is 57.7 Å². The second-order valence-electron chi connectivity index (χ2n) is 4.96. The quantitative estimate of drug-likeness (QED) is 0.474. The van der Waals surface area contributed by atoms with Crippen LogP contribution in [0.3, 0.4) is 0 Å². The number of rotatable bonds is 7. The molecule has 1 N–H and O–H groups in total. The largest absolute Gasteiger partial charge is 0.497 e. The molecule has 0 bridgehead atoms. The Morgan fingerprint density at radius 2 is 2.14 bits per heavy atom. The molecule has 6 nitrogen and oxygen atoms in total. The summed E-state index contributed by atoms with van der Waals surface area (Å²) in [6, 6.07) is 7.20. The van der Waals surface area contributed by atoms with Crippen molar-refractivity contribution >= 4 is 11.9 Å². The minimum Gasteiger partial charge on any atom is -0.497 e. The third kappa shape index (κ3) is 6.58. The first-order valence-corrected chi connectivity index (χ1v) is 7.34. The van der Waals surface area contributed by atoms with Crippen LogP contribution in [0.15, 0.2) is 29.3 Å². The predicted molar refractivity (Wildman–Crippen MR) is 87.6 cm³/mol.